The number of carboxylic acids is 2. The lowest BCUT2D eigenvalue weighted by Crippen LogP contribution is -2.71. The van der Waals surface area contributed by atoms with E-state index in [0.717, 1.165) is 34.4 Å². The SMILES string of the molecule is Nc1nc(C(C(=O)N[C@@H]2C(=O)N3C(C(=O)O)=C(C[n+]4ccccc4)CS[C@H]23)N(O)C(C(=O)O)c2ccc(O)c(O)c2)cs1. The average molecular weight is 630 g/mol. The summed E-state index contributed by atoms with van der Waals surface area (Å²) in [6.07, 6.45) is 3.53. The van der Waals surface area contributed by atoms with Gasteiger partial charge >= 0.3 is 11.9 Å². The maximum Gasteiger partial charge on any atom is 0.352 e. The van der Waals surface area contributed by atoms with E-state index < -0.39 is 58.8 Å². The molecule has 2 aliphatic rings. The number of nitrogen functional groups attached to an aromatic ring is 1. The molecular formula is C26H25N6O9S2+. The van der Waals surface area contributed by atoms with Crippen LogP contribution in [0, 0.1) is 0 Å². The molecule has 2 aliphatic heterocycles. The van der Waals surface area contributed by atoms with Gasteiger partial charge in [0, 0.05) is 28.8 Å². The first-order valence-electron chi connectivity index (χ1n) is 12.5. The zero-order valence-electron chi connectivity index (χ0n) is 22.0. The Bertz CT molecular complexity index is 1630. The van der Waals surface area contributed by atoms with Gasteiger partial charge in [0.2, 0.25) is 5.91 Å². The first kappa shape index (κ1) is 29.8. The summed E-state index contributed by atoms with van der Waals surface area (Å²) in [7, 11) is 0. The molecule has 2 aromatic heterocycles. The Hall–Kier alpha value is -4.71. The third-order valence-corrected chi connectivity index (χ3v) is 8.88. The summed E-state index contributed by atoms with van der Waals surface area (Å²) < 4.78 is 1.77. The minimum Gasteiger partial charge on any atom is -0.504 e. The van der Waals surface area contributed by atoms with Crippen LogP contribution in [0.25, 0.3) is 0 Å². The van der Waals surface area contributed by atoms with Crippen molar-refractivity contribution in [3.8, 4) is 11.5 Å². The highest BCUT2D eigenvalue weighted by Gasteiger charge is 2.55. The van der Waals surface area contributed by atoms with Crippen LogP contribution < -0.4 is 15.6 Å². The van der Waals surface area contributed by atoms with Gasteiger partial charge in [0.15, 0.2) is 47.7 Å². The molecule has 4 atom stereocenters. The number of carbonyl (C=O) groups is 4. The van der Waals surface area contributed by atoms with Crippen LogP contribution >= 0.6 is 23.1 Å². The van der Waals surface area contributed by atoms with Gasteiger partial charge in [-0.2, -0.15) is 5.06 Å². The van der Waals surface area contributed by atoms with E-state index in [2.05, 4.69) is 10.3 Å². The van der Waals surface area contributed by atoms with Crippen LogP contribution in [0.2, 0.25) is 0 Å². The lowest BCUT2D eigenvalue weighted by molar-refractivity contribution is -0.689. The van der Waals surface area contributed by atoms with Crippen molar-refractivity contribution in [1.29, 1.82) is 0 Å². The van der Waals surface area contributed by atoms with Gasteiger partial charge in [-0.15, -0.1) is 23.1 Å². The standard InChI is InChI=1S/C26H24N6O9S2/c27-26-28-14(11-43-26)20(32(41)19(25(39)40)12-4-5-15(33)16(34)8-12)21(35)29-17-22(36)31-18(24(37)38)13(10-42-23(17)31)9-30-6-2-1-3-7-30/h1-8,11,17,19-20,23,41H,9-10H2,(H6-,27,28,29,33,34,35,37,38,39,40)/p+1/t17-,19?,20?,23-/m1/s1. The third kappa shape index (κ3) is 5.70. The van der Waals surface area contributed by atoms with Crippen LogP contribution in [-0.4, -0.2) is 81.5 Å². The summed E-state index contributed by atoms with van der Waals surface area (Å²) >= 11 is 2.17. The molecule has 2 amide bonds. The Kier molecular flexibility index (Phi) is 8.23. The lowest BCUT2D eigenvalue weighted by atomic mass is 10.0. The molecule has 0 aliphatic carbocycles. The number of amides is 2. The van der Waals surface area contributed by atoms with Crippen LogP contribution in [0.1, 0.15) is 23.3 Å². The van der Waals surface area contributed by atoms with E-state index in [9.17, 15) is 44.8 Å². The Morgan fingerprint density at radius 3 is 2.47 bits per heavy atom. The Morgan fingerprint density at radius 1 is 1.14 bits per heavy atom. The first-order valence-corrected chi connectivity index (χ1v) is 14.5. The van der Waals surface area contributed by atoms with E-state index in [1.54, 1.807) is 29.1 Å². The molecule has 1 aromatic carbocycles. The van der Waals surface area contributed by atoms with Gasteiger partial charge in [-0.3, -0.25) is 19.3 Å². The number of rotatable bonds is 10. The number of hydrogen-bond acceptors (Lipinski definition) is 12. The summed E-state index contributed by atoms with van der Waals surface area (Å²) in [4.78, 5) is 56.5. The molecule has 5 rings (SSSR count). The summed E-state index contributed by atoms with van der Waals surface area (Å²) in [6.45, 7) is 0.235. The molecule has 8 N–H and O–H groups in total. The van der Waals surface area contributed by atoms with Crippen LogP contribution in [-0.2, 0) is 25.7 Å². The van der Waals surface area contributed by atoms with Crippen molar-refractivity contribution in [3.05, 3.63) is 76.7 Å². The molecule has 0 spiro atoms. The van der Waals surface area contributed by atoms with Crippen molar-refractivity contribution in [1.82, 2.24) is 20.3 Å². The van der Waals surface area contributed by atoms with Gasteiger partial charge < -0.3 is 36.7 Å². The van der Waals surface area contributed by atoms with Gasteiger partial charge in [0.1, 0.15) is 17.1 Å². The van der Waals surface area contributed by atoms with E-state index in [0.29, 0.717) is 5.57 Å². The average Bonchev–Trinajstić information content (AvgIpc) is 3.39. The number of nitrogens with one attached hydrogen (secondary N) is 1. The Labute approximate surface area is 251 Å². The van der Waals surface area contributed by atoms with Crippen molar-refractivity contribution >= 4 is 52.0 Å². The number of anilines is 1. The van der Waals surface area contributed by atoms with E-state index in [-0.39, 0.29) is 39.4 Å². The monoisotopic (exact) mass is 629 g/mol. The molecule has 15 nitrogen and oxygen atoms in total. The summed E-state index contributed by atoms with van der Waals surface area (Å²) in [5, 5.41) is 53.9. The highest BCUT2D eigenvalue weighted by atomic mass is 32.2. The smallest absolute Gasteiger partial charge is 0.352 e. The molecule has 1 saturated heterocycles. The number of hydrogen-bond donors (Lipinski definition) is 7. The van der Waals surface area contributed by atoms with Crippen LogP contribution in [0.4, 0.5) is 5.13 Å². The fourth-order valence-electron chi connectivity index (χ4n) is 4.88. The number of phenolic OH excluding ortho intramolecular Hbond substituents is 2. The van der Waals surface area contributed by atoms with E-state index in [4.69, 9.17) is 5.73 Å². The van der Waals surface area contributed by atoms with Crippen molar-refractivity contribution in [3.63, 3.8) is 0 Å². The molecule has 3 aromatic rings. The maximum absolute atomic E-state index is 13.6. The summed E-state index contributed by atoms with van der Waals surface area (Å²) in [6, 6.07) is 3.55. The predicted molar refractivity (Wildman–Crippen MR) is 149 cm³/mol. The number of fused-ring (bicyclic) bond motifs is 1. The van der Waals surface area contributed by atoms with Gasteiger partial charge in [-0.25, -0.2) is 14.3 Å². The van der Waals surface area contributed by atoms with E-state index in [1.807, 2.05) is 6.07 Å². The first-order chi connectivity index (χ1) is 20.5. The number of nitrogens with zero attached hydrogens (tertiary/aromatic N) is 4. The topological polar surface area (TPSA) is 231 Å². The number of β-lactam (4-membered cyclic amide) rings is 1. The molecule has 0 radical (unpaired) electrons. The number of carbonyl (C=O) groups excluding carboxylic acids is 2. The molecule has 17 heteroatoms. The van der Waals surface area contributed by atoms with Gasteiger partial charge in [0.25, 0.3) is 5.91 Å². The van der Waals surface area contributed by atoms with Crippen molar-refractivity contribution < 1.29 is 49.4 Å². The number of phenols is 2. The number of aliphatic carboxylic acids is 2. The van der Waals surface area contributed by atoms with Crippen LogP contribution in [0.3, 0.4) is 0 Å². The van der Waals surface area contributed by atoms with Gasteiger partial charge in [-0.1, -0.05) is 12.1 Å². The quantitative estimate of drug-likeness (QED) is 0.0699. The lowest BCUT2D eigenvalue weighted by Gasteiger charge is -2.49. The molecule has 43 heavy (non-hydrogen) atoms. The zero-order valence-corrected chi connectivity index (χ0v) is 23.6. The number of thioether (sulfide) groups is 1. The normalized spacial score (nSPS) is 19.4. The number of pyridine rings is 1. The van der Waals surface area contributed by atoms with E-state index in [1.165, 1.54) is 17.1 Å². The largest absolute Gasteiger partial charge is 0.504 e. The molecule has 224 valence electrons. The highest BCUT2D eigenvalue weighted by molar-refractivity contribution is 8.00. The molecule has 0 bridgehead atoms. The predicted octanol–water partition coefficient (Wildman–Crippen LogP) is 0.421. The number of nitrogens with two attached hydrogens (primary N) is 1. The minimum atomic E-state index is -1.93. The number of thiazole rings is 1. The molecule has 0 saturated carbocycles. The van der Waals surface area contributed by atoms with Gasteiger partial charge in [-0.05, 0) is 17.7 Å². The van der Waals surface area contributed by atoms with E-state index >= 15 is 0 Å². The minimum absolute atomic E-state index is 0.0177. The Balaban J connectivity index is 1.41. The molecule has 2 unspecified atom stereocenters. The second-order valence-corrected chi connectivity index (χ2v) is 11.6. The number of carboxylic acid groups (broad SMARTS) is 2. The fraction of sp³-hybridized carbons (Fsp3) is 0.231. The zero-order chi connectivity index (χ0) is 31.0. The maximum atomic E-state index is 13.6. The summed E-state index contributed by atoms with van der Waals surface area (Å²) in [5.41, 5.74) is 5.75. The second-order valence-electron chi connectivity index (χ2n) is 9.58. The number of aromatic nitrogens is 2. The molecular weight excluding hydrogens is 604 g/mol. The molecule has 4 heterocycles. The Morgan fingerprint density at radius 2 is 1.86 bits per heavy atom. The van der Waals surface area contributed by atoms with Gasteiger partial charge in [0.05, 0.1) is 5.69 Å². The van der Waals surface area contributed by atoms with Crippen LogP contribution in [0.15, 0.2) is 65.4 Å². The van der Waals surface area contributed by atoms with Crippen LogP contribution in [0.5, 0.6) is 11.5 Å². The van der Waals surface area contributed by atoms with Crippen molar-refractivity contribution in [2.24, 2.45) is 0 Å². The third-order valence-electron chi connectivity index (χ3n) is 6.84. The second kappa shape index (κ2) is 11.9. The number of hydroxylamine groups is 2. The van der Waals surface area contributed by atoms with Crippen molar-refractivity contribution in [2.45, 2.75) is 30.0 Å². The fourth-order valence-corrected chi connectivity index (χ4v) is 6.80. The van der Waals surface area contributed by atoms with Crippen molar-refractivity contribution in [2.75, 3.05) is 11.5 Å². The highest BCUT2D eigenvalue weighted by Crippen LogP contribution is 2.41. The molecule has 1 fully saturated rings. The number of benzene rings is 1. The number of aromatic hydroxyl groups is 2. The summed E-state index contributed by atoms with van der Waals surface area (Å²) in [5.74, 6) is -5.54.